The van der Waals surface area contributed by atoms with Crippen LogP contribution in [0.1, 0.15) is 25.0 Å². The summed E-state index contributed by atoms with van der Waals surface area (Å²) < 4.78 is 18.3. The number of rotatable bonds is 5. The van der Waals surface area contributed by atoms with Crippen LogP contribution in [0.5, 0.6) is 0 Å². The molecule has 0 fully saturated rings. The molecule has 0 aliphatic rings. The highest BCUT2D eigenvalue weighted by atomic mass is 19.1. The molecule has 0 aliphatic heterocycles. The molecule has 3 heteroatoms. The lowest BCUT2D eigenvalue weighted by atomic mass is 9.95. The summed E-state index contributed by atoms with van der Waals surface area (Å²) in [6.07, 6.45) is -0.196. The van der Waals surface area contributed by atoms with Crippen molar-refractivity contribution in [2.45, 2.75) is 33.3 Å². The lowest BCUT2D eigenvalue weighted by Crippen LogP contribution is -2.30. The first-order chi connectivity index (χ1) is 7.95. The Morgan fingerprint density at radius 2 is 2.06 bits per heavy atom. The van der Waals surface area contributed by atoms with Crippen LogP contribution in [-0.2, 0) is 16.0 Å². The number of halogens is 1. The Labute approximate surface area is 102 Å². The van der Waals surface area contributed by atoms with Crippen LogP contribution in [0.3, 0.4) is 0 Å². The lowest BCUT2D eigenvalue weighted by molar-refractivity contribution is -0.130. The number of aryl methyl sites for hydroxylation is 1. The molecule has 1 rings (SSSR count). The normalized spacial score (nSPS) is 12.8. The number of ether oxygens (including phenoxy) is 1. The first-order valence-corrected chi connectivity index (χ1v) is 5.76. The molecule has 0 saturated carbocycles. The Morgan fingerprint density at radius 1 is 1.41 bits per heavy atom. The Balaban J connectivity index is 2.83. The fraction of sp³-hybridized carbons (Fsp3) is 0.500. The molecule has 1 aromatic carbocycles. The summed E-state index contributed by atoms with van der Waals surface area (Å²) in [4.78, 5) is 12.0. The fourth-order valence-corrected chi connectivity index (χ4v) is 1.89. The van der Waals surface area contributed by atoms with Crippen LogP contribution in [0.2, 0.25) is 0 Å². The van der Waals surface area contributed by atoms with Gasteiger partial charge in [0.05, 0.1) is 0 Å². The summed E-state index contributed by atoms with van der Waals surface area (Å²) in [6, 6.07) is 4.51. The van der Waals surface area contributed by atoms with Gasteiger partial charge in [-0.3, -0.25) is 4.79 Å². The van der Waals surface area contributed by atoms with Gasteiger partial charge >= 0.3 is 0 Å². The van der Waals surface area contributed by atoms with E-state index in [2.05, 4.69) is 0 Å². The molecule has 0 amide bonds. The van der Waals surface area contributed by atoms with Gasteiger partial charge in [-0.15, -0.1) is 0 Å². The highest BCUT2D eigenvalue weighted by Gasteiger charge is 2.22. The van der Waals surface area contributed by atoms with E-state index in [1.54, 1.807) is 6.07 Å². The van der Waals surface area contributed by atoms with Gasteiger partial charge in [-0.05, 0) is 36.1 Å². The summed E-state index contributed by atoms with van der Waals surface area (Å²) >= 11 is 0. The number of benzene rings is 1. The molecule has 0 radical (unpaired) electrons. The lowest BCUT2D eigenvalue weighted by Gasteiger charge is -2.18. The molecule has 0 spiro atoms. The van der Waals surface area contributed by atoms with E-state index < -0.39 is 6.10 Å². The topological polar surface area (TPSA) is 26.3 Å². The molecule has 94 valence electrons. The van der Waals surface area contributed by atoms with E-state index in [4.69, 9.17) is 4.74 Å². The predicted octanol–water partition coefficient (Wildman–Crippen LogP) is 2.92. The van der Waals surface area contributed by atoms with Crippen LogP contribution < -0.4 is 0 Å². The number of ketones is 1. The maximum Gasteiger partial charge on any atom is 0.166 e. The molecule has 2 nitrogen and oxygen atoms in total. The van der Waals surface area contributed by atoms with E-state index in [9.17, 15) is 9.18 Å². The number of hydrogen-bond acceptors (Lipinski definition) is 2. The minimum atomic E-state index is -0.419. The van der Waals surface area contributed by atoms with Gasteiger partial charge in [-0.1, -0.05) is 19.9 Å². The largest absolute Gasteiger partial charge is 0.373 e. The van der Waals surface area contributed by atoms with Gasteiger partial charge in [-0.2, -0.15) is 0 Å². The molecule has 1 unspecified atom stereocenters. The summed E-state index contributed by atoms with van der Waals surface area (Å²) in [5.41, 5.74) is 1.66. The quantitative estimate of drug-likeness (QED) is 0.788. The van der Waals surface area contributed by atoms with Gasteiger partial charge in [0.2, 0.25) is 0 Å². The first-order valence-electron chi connectivity index (χ1n) is 5.76. The average molecular weight is 238 g/mol. The van der Waals surface area contributed by atoms with E-state index >= 15 is 0 Å². The highest BCUT2D eigenvalue weighted by Crippen LogP contribution is 2.15. The van der Waals surface area contributed by atoms with Crippen molar-refractivity contribution in [1.29, 1.82) is 0 Å². The zero-order valence-corrected chi connectivity index (χ0v) is 10.8. The second kappa shape index (κ2) is 5.92. The van der Waals surface area contributed by atoms with Crippen molar-refractivity contribution in [3.8, 4) is 0 Å². The molecule has 0 aliphatic carbocycles. The van der Waals surface area contributed by atoms with Crippen LogP contribution in [0.25, 0.3) is 0 Å². The summed E-state index contributed by atoms with van der Waals surface area (Å²) in [5, 5.41) is 0. The maximum absolute atomic E-state index is 13.1. The first kappa shape index (κ1) is 13.8. The zero-order chi connectivity index (χ0) is 13.0. The van der Waals surface area contributed by atoms with Crippen LogP contribution in [0.15, 0.2) is 18.2 Å². The number of methoxy groups -OCH3 is 1. The van der Waals surface area contributed by atoms with Crippen molar-refractivity contribution in [3.05, 3.63) is 35.1 Å². The molecular weight excluding hydrogens is 219 g/mol. The minimum Gasteiger partial charge on any atom is -0.373 e. The Bertz CT molecular complexity index is 399. The second-order valence-corrected chi connectivity index (χ2v) is 4.61. The monoisotopic (exact) mass is 238 g/mol. The van der Waals surface area contributed by atoms with Gasteiger partial charge < -0.3 is 4.74 Å². The molecule has 0 saturated heterocycles. The highest BCUT2D eigenvalue weighted by molar-refractivity contribution is 5.85. The summed E-state index contributed by atoms with van der Waals surface area (Å²) in [5.74, 6) is -0.186. The molecule has 0 aromatic heterocycles. The second-order valence-electron chi connectivity index (χ2n) is 4.61. The third-order valence-corrected chi connectivity index (χ3v) is 2.85. The van der Waals surface area contributed by atoms with Crippen LogP contribution in [-0.4, -0.2) is 19.0 Å². The van der Waals surface area contributed by atoms with E-state index in [0.29, 0.717) is 0 Å². The van der Waals surface area contributed by atoms with E-state index in [1.165, 1.54) is 19.2 Å². The minimum absolute atomic E-state index is 0.00352. The predicted molar refractivity (Wildman–Crippen MR) is 65.5 cm³/mol. The smallest absolute Gasteiger partial charge is 0.166 e. The molecule has 0 heterocycles. The number of carbonyl (C=O) groups is 1. The maximum atomic E-state index is 13.1. The Morgan fingerprint density at radius 3 is 2.59 bits per heavy atom. The van der Waals surface area contributed by atoms with Crippen molar-refractivity contribution in [1.82, 2.24) is 0 Å². The van der Waals surface area contributed by atoms with Crippen molar-refractivity contribution in [3.63, 3.8) is 0 Å². The van der Waals surface area contributed by atoms with Crippen molar-refractivity contribution in [2.75, 3.05) is 7.11 Å². The number of carbonyl (C=O) groups excluding carboxylic acids is 1. The molecule has 17 heavy (non-hydrogen) atoms. The third-order valence-electron chi connectivity index (χ3n) is 2.85. The van der Waals surface area contributed by atoms with Crippen molar-refractivity contribution < 1.29 is 13.9 Å². The third kappa shape index (κ3) is 3.63. The average Bonchev–Trinajstić information content (AvgIpc) is 2.24. The van der Waals surface area contributed by atoms with E-state index in [1.807, 2.05) is 20.8 Å². The zero-order valence-electron chi connectivity index (χ0n) is 10.8. The van der Waals surface area contributed by atoms with Crippen LogP contribution in [0.4, 0.5) is 4.39 Å². The molecule has 1 atom stereocenters. The van der Waals surface area contributed by atoms with Crippen molar-refractivity contribution in [2.24, 2.45) is 5.92 Å². The van der Waals surface area contributed by atoms with Gasteiger partial charge in [0, 0.05) is 13.5 Å². The summed E-state index contributed by atoms with van der Waals surface area (Å²) in [6.45, 7) is 5.74. The number of Topliss-reactive ketones (excluding diaryl/α,β-unsaturated/α-hetero) is 1. The van der Waals surface area contributed by atoms with Crippen molar-refractivity contribution >= 4 is 5.78 Å². The summed E-state index contributed by atoms with van der Waals surface area (Å²) in [7, 11) is 1.53. The van der Waals surface area contributed by atoms with Gasteiger partial charge in [0.1, 0.15) is 11.9 Å². The molecular formula is C14H19FO2. The Kier molecular flexibility index (Phi) is 4.82. The fourth-order valence-electron chi connectivity index (χ4n) is 1.89. The van der Waals surface area contributed by atoms with Gasteiger partial charge in [0.15, 0.2) is 5.78 Å². The van der Waals surface area contributed by atoms with Gasteiger partial charge in [-0.25, -0.2) is 4.39 Å². The van der Waals surface area contributed by atoms with Crippen LogP contribution in [0, 0.1) is 18.7 Å². The standard InChI is InChI=1S/C14H19FO2/c1-9(2)14(17-4)13(16)8-11-7-12(15)6-5-10(11)3/h5-7,9,14H,8H2,1-4H3. The molecule has 0 bridgehead atoms. The van der Waals surface area contributed by atoms with E-state index in [-0.39, 0.29) is 23.9 Å². The SMILES string of the molecule is COC(C(=O)Cc1cc(F)ccc1C)C(C)C. The number of hydrogen-bond donors (Lipinski definition) is 0. The van der Waals surface area contributed by atoms with E-state index in [0.717, 1.165) is 11.1 Å². The van der Waals surface area contributed by atoms with Crippen LogP contribution >= 0.6 is 0 Å². The Hall–Kier alpha value is -1.22. The molecule has 0 N–H and O–H groups in total. The van der Waals surface area contributed by atoms with Gasteiger partial charge in [0.25, 0.3) is 0 Å². The molecule has 1 aromatic rings.